The van der Waals surface area contributed by atoms with Gasteiger partial charge in [0.05, 0.1) is 17.3 Å². The first-order valence-electron chi connectivity index (χ1n) is 8.66. The lowest BCUT2D eigenvalue weighted by Gasteiger charge is -2.04. The maximum absolute atomic E-state index is 9.53. The smallest absolute Gasteiger partial charge is 0.116 e. The second kappa shape index (κ2) is 7.95. The monoisotopic (exact) mass is 333 g/mol. The number of allylic oxidation sites excluding steroid dienone is 1. The summed E-state index contributed by atoms with van der Waals surface area (Å²) in [6.45, 7) is 1.83. The van der Waals surface area contributed by atoms with Crippen LogP contribution in [0.2, 0.25) is 0 Å². The van der Waals surface area contributed by atoms with Crippen LogP contribution in [0.4, 0.5) is 0 Å². The van der Waals surface area contributed by atoms with Crippen LogP contribution in [0, 0.1) is 0 Å². The van der Waals surface area contributed by atoms with Crippen molar-refractivity contribution < 1.29 is 10.2 Å². The number of aromatic hydroxyl groups is 1. The van der Waals surface area contributed by atoms with Crippen LogP contribution < -0.4 is 0 Å². The zero-order chi connectivity index (χ0) is 17.6. The summed E-state index contributed by atoms with van der Waals surface area (Å²) in [5.74, 6) is 0.256. The van der Waals surface area contributed by atoms with E-state index in [4.69, 9.17) is 0 Å². The molecule has 2 N–H and O–H groups in total. The molecule has 3 nitrogen and oxygen atoms in total. The molecule has 2 aromatic carbocycles. The number of fused-ring (bicyclic) bond motifs is 1. The summed E-state index contributed by atoms with van der Waals surface area (Å²) in [6.07, 6.45) is 6.87. The maximum Gasteiger partial charge on any atom is 0.116 e. The SMILES string of the molecule is CC(O)CCC/C=C/c1ccc(-c2ccc3cc(O)ccc3n2)cc1. The number of phenols is 1. The summed E-state index contributed by atoms with van der Waals surface area (Å²) < 4.78 is 0. The van der Waals surface area contributed by atoms with E-state index in [-0.39, 0.29) is 11.9 Å². The van der Waals surface area contributed by atoms with Crippen LogP contribution in [0.5, 0.6) is 5.75 Å². The van der Waals surface area contributed by atoms with Crippen molar-refractivity contribution in [3.05, 3.63) is 66.2 Å². The van der Waals surface area contributed by atoms with Gasteiger partial charge in [-0.2, -0.15) is 0 Å². The van der Waals surface area contributed by atoms with Crippen LogP contribution in [0.25, 0.3) is 28.2 Å². The highest BCUT2D eigenvalue weighted by Gasteiger charge is 2.02. The summed E-state index contributed by atoms with van der Waals surface area (Å²) >= 11 is 0. The van der Waals surface area contributed by atoms with E-state index in [9.17, 15) is 10.2 Å². The lowest BCUT2D eigenvalue weighted by atomic mass is 10.1. The van der Waals surface area contributed by atoms with Crippen molar-refractivity contribution in [3.8, 4) is 17.0 Å². The molecule has 0 bridgehead atoms. The highest BCUT2D eigenvalue weighted by Crippen LogP contribution is 2.24. The molecule has 1 atom stereocenters. The van der Waals surface area contributed by atoms with E-state index < -0.39 is 0 Å². The van der Waals surface area contributed by atoms with Gasteiger partial charge in [-0.3, -0.25) is 0 Å². The van der Waals surface area contributed by atoms with E-state index >= 15 is 0 Å². The van der Waals surface area contributed by atoms with Crippen LogP contribution >= 0.6 is 0 Å². The van der Waals surface area contributed by atoms with Gasteiger partial charge in [0.25, 0.3) is 0 Å². The molecule has 128 valence electrons. The van der Waals surface area contributed by atoms with Gasteiger partial charge in [0.1, 0.15) is 5.75 Å². The number of aromatic nitrogens is 1. The molecule has 0 aliphatic carbocycles. The second-order valence-electron chi connectivity index (χ2n) is 6.38. The lowest BCUT2D eigenvalue weighted by Crippen LogP contribution is -1.97. The minimum absolute atomic E-state index is 0.217. The lowest BCUT2D eigenvalue weighted by molar-refractivity contribution is 0.182. The number of pyridine rings is 1. The van der Waals surface area contributed by atoms with E-state index in [1.54, 1.807) is 12.1 Å². The molecule has 3 heteroatoms. The summed E-state index contributed by atoms with van der Waals surface area (Å²) in [5, 5.41) is 19.7. The fraction of sp³-hybridized carbons (Fsp3) is 0.227. The molecule has 1 heterocycles. The van der Waals surface area contributed by atoms with Crippen molar-refractivity contribution >= 4 is 17.0 Å². The van der Waals surface area contributed by atoms with Crippen LogP contribution in [-0.4, -0.2) is 21.3 Å². The standard InChI is InChI=1S/C22H23NO2/c1-16(24)5-3-2-4-6-17-7-9-18(10-8-17)21-13-11-19-15-20(25)12-14-22(19)23-21/h4,6-16,24-25H,2-3,5H2,1H3/b6-4+. The van der Waals surface area contributed by atoms with Crippen molar-refractivity contribution in [2.75, 3.05) is 0 Å². The van der Waals surface area contributed by atoms with Crippen molar-refractivity contribution in [1.82, 2.24) is 4.98 Å². The molecule has 3 aromatic rings. The number of phenolic OH excluding ortho intramolecular Hbond substituents is 1. The normalized spacial score (nSPS) is 12.7. The Labute approximate surface area is 148 Å². The minimum atomic E-state index is -0.217. The predicted molar refractivity (Wildman–Crippen MR) is 103 cm³/mol. The molecule has 0 aliphatic rings. The summed E-state index contributed by atoms with van der Waals surface area (Å²) in [6, 6.07) is 17.5. The molecule has 0 spiro atoms. The molecular formula is C22H23NO2. The quantitative estimate of drug-likeness (QED) is 0.612. The zero-order valence-electron chi connectivity index (χ0n) is 14.4. The first-order chi connectivity index (χ1) is 12.1. The van der Waals surface area contributed by atoms with Crippen LogP contribution in [0.1, 0.15) is 31.7 Å². The molecule has 0 fully saturated rings. The van der Waals surface area contributed by atoms with Crippen LogP contribution in [0.3, 0.4) is 0 Å². The molecule has 3 rings (SSSR count). The Morgan fingerprint density at radius 3 is 2.60 bits per heavy atom. The van der Waals surface area contributed by atoms with E-state index in [0.29, 0.717) is 0 Å². The average molecular weight is 333 g/mol. The number of hydrogen-bond donors (Lipinski definition) is 2. The third-order valence-corrected chi connectivity index (χ3v) is 4.18. The number of benzene rings is 2. The third-order valence-electron chi connectivity index (χ3n) is 4.18. The number of aliphatic hydroxyl groups excluding tert-OH is 1. The second-order valence-corrected chi connectivity index (χ2v) is 6.38. The van der Waals surface area contributed by atoms with Crippen molar-refractivity contribution in [1.29, 1.82) is 0 Å². The molecule has 1 unspecified atom stereocenters. The summed E-state index contributed by atoms with van der Waals surface area (Å²) in [7, 11) is 0. The highest BCUT2D eigenvalue weighted by atomic mass is 16.3. The molecule has 0 saturated heterocycles. The van der Waals surface area contributed by atoms with Crippen molar-refractivity contribution in [2.45, 2.75) is 32.3 Å². The number of unbranched alkanes of at least 4 members (excludes halogenated alkanes) is 1. The first-order valence-corrected chi connectivity index (χ1v) is 8.66. The number of aliphatic hydroxyl groups is 1. The fourth-order valence-corrected chi connectivity index (χ4v) is 2.79. The molecule has 0 radical (unpaired) electrons. The summed E-state index contributed by atoms with van der Waals surface area (Å²) in [4.78, 5) is 4.67. The fourth-order valence-electron chi connectivity index (χ4n) is 2.79. The van der Waals surface area contributed by atoms with Crippen molar-refractivity contribution in [3.63, 3.8) is 0 Å². The van der Waals surface area contributed by atoms with Gasteiger partial charge in [-0.1, -0.05) is 42.5 Å². The zero-order valence-corrected chi connectivity index (χ0v) is 14.4. The molecule has 0 saturated carbocycles. The summed E-state index contributed by atoms with van der Waals surface area (Å²) in [5.41, 5.74) is 4.02. The van der Waals surface area contributed by atoms with E-state index in [1.807, 2.05) is 25.1 Å². The van der Waals surface area contributed by atoms with Gasteiger partial charge in [-0.15, -0.1) is 0 Å². The minimum Gasteiger partial charge on any atom is -0.508 e. The Morgan fingerprint density at radius 1 is 1.04 bits per heavy atom. The van der Waals surface area contributed by atoms with Gasteiger partial charge < -0.3 is 10.2 Å². The van der Waals surface area contributed by atoms with Gasteiger partial charge in [0, 0.05) is 10.9 Å². The topological polar surface area (TPSA) is 53.4 Å². The Bertz CT molecular complexity index is 867. The largest absolute Gasteiger partial charge is 0.508 e. The highest BCUT2D eigenvalue weighted by molar-refractivity contribution is 5.82. The van der Waals surface area contributed by atoms with Gasteiger partial charge in [-0.05, 0) is 56.0 Å². The molecule has 0 amide bonds. The molecule has 0 aliphatic heterocycles. The number of nitrogens with zero attached hydrogens (tertiary/aromatic N) is 1. The van der Waals surface area contributed by atoms with Gasteiger partial charge in [-0.25, -0.2) is 4.98 Å². The maximum atomic E-state index is 9.53. The third kappa shape index (κ3) is 4.68. The van der Waals surface area contributed by atoms with Gasteiger partial charge in [0.2, 0.25) is 0 Å². The average Bonchev–Trinajstić information content (AvgIpc) is 2.61. The molecular weight excluding hydrogens is 310 g/mol. The Balaban J connectivity index is 1.69. The first kappa shape index (κ1) is 17.2. The van der Waals surface area contributed by atoms with Crippen molar-refractivity contribution in [2.24, 2.45) is 0 Å². The van der Waals surface area contributed by atoms with Crippen LogP contribution in [-0.2, 0) is 0 Å². The Kier molecular flexibility index (Phi) is 5.46. The number of rotatable bonds is 6. The Hall–Kier alpha value is -2.65. The van der Waals surface area contributed by atoms with E-state index in [0.717, 1.165) is 47.0 Å². The predicted octanol–water partition coefficient (Wildman–Crippen LogP) is 5.17. The van der Waals surface area contributed by atoms with Gasteiger partial charge in [0.15, 0.2) is 0 Å². The molecule has 1 aromatic heterocycles. The molecule has 25 heavy (non-hydrogen) atoms. The Morgan fingerprint density at radius 2 is 1.84 bits per heavy atom. The van der Waals surface area contributed by atoms with E-state index in [1.165, 1.54) is 0 Å². The number of hydrogen-bond acceptors (Lipinski definition) is 3. The van der Waals surface area contributed by atoms with E-state index in [2.05, 4.69) is 41.4 Å². The van der Waals surface area contributed by atoms with Gasteiger partial charge >= 0.3 is 0 Å². The van der Waals surface area contributed by atoms with Crippen LogP contribution in [0.15, 0.2) is 60.7 Å².